The number of methoxy groups -OCH3 is 3. The third-order valence-corrected chi connectivity index (χ3v) is 14.2. The van der Waals surface area contributed by atoms with Crippen molar-refractivity contribution in [1.29, 1.82) is 0 Å². The Balaban J connectivity index is 0.000000181. The molecule has 0 saturated heterocycles. The van der Waals surface area contributed by atoms with Crippen molar-refractivity contribution < 1.29 is 38.8 Å². The number of amides is 3. The second-order valence-corrected chi connectivity index (χ2v) is 20.9. The Kier molecular flexibility index (Phi) is 22.0. The van der Waals surface area contributed by atoms with Crippen molar-refractivity contribution in [3.05, 3.63) is 203 Å². The number of nitrogens with zero attached hydrogens (tertiary/aromatic N) is 6. The molecule has 3 aromatic carbocycles. The number of pyridine rings is 6. The number of nitrogens with one attached hydrogen (secondary N) is 3. The van der Waals surface area contributed by atoms with Gasteiger partial charge in [0.25, 0.3) is 17.7 Å². The summed E-state index contributed by atoms with van der Waals surface area (Å²) < 4.78 is 21.3. The standard InChI is InChI=1S/C21H22ClN3O4.C21H18ClN3O4.C18H15ClIN3O3/c2*1-25-12-17(20(28)23-11-13-5-7-15(22)8-6-13)18(27)16-10-14(4-3-9-26)21(29-2)24-19(16)25;1-23-9-13(17(25)21-8-10-3-5-11(19)6-4-10)15(24)12-7-14(20)18(26-2)22-16(12)23/h5-8,10,12,26H,3-4,9,11H2,1-2H3,(H,23,28);5-8,10,12,26H,9,11H2,1-2H3,(H,23,28);3-7,9H,8H2,1-2H3,(H,21,25). The Morgan fingerprint density at radius 2 is 0.905 bits per heavy atom. The number of carbonyl (C=O) groups excluding carboxylic acids is 3. The van der Waals surface area contributed by atoms with Gasteiger partial charge in [-0.05, 0) is 107 Å². The molecule has 0 aliphatic carbocycles. The van der Waals surface area contributed by atoms with E-state index in [0.29, 0.717) is 88.6 Å². The van der Waals surface area contributed by atoms with Gasteiger partial charge in [0, 0.05) is 86.6 Å². The normalized spacial score (nSPS) is 10.7. The van der Waals surface area contributed by atoms with Gasteiger partial charge in [0.1, 0.15) is 40.2 Å². The molecule has 0 aliphatic heterocycles. The number of rotatable bonds is 15. The number of aliphatic hydroxyl groups is 2. The molecular formula is C60H55Cl3IN9O11. The third kappa shape index (κ3) is 15.4. The van der Waals surface area contributed by atoms with Crippen molar-refractivity contribution in [3.8, 4) is 29.5 Å². The molecule has 24 heteroatoms. The molecule has 0 fully saturated rings. The molecule has 0 spiro atoms. The molecule has 20 nitrogen and oxygen atoms in total. The maximum absolute atomic E-state index is 13.0. The Morgan fingerprint density at radius 3 is 1.27 bits per heavy atom. The van der Waals surface area contributed by atoms with E-state index in [-0.39, 0.29) is 59.7 Å². The molecule has 6 heterocycles. The molecule has 0 bridgehead atoms. The second kappa shape index (κ2) is 29.2. The van der Waals surface area contributed by atoms with Crippen LogP contribution in [0.15, 0.2) is 124 Å². The maximum atomic E-state index is 13.0. The number of aliphatic hydroxyl groups excluding tert-OH is 2. The van der Waals surface area contributed by atoms with Crippen molar-refractivity contribution in [2.24, 2.45) is 21.1 Å². The minimum absolute atomic E-state index is 0.0120. The van der Waals surface area contributed by atoms with Crippen LogP contribution in [0, 0.1) is 15.4 Å². The molecule has 0 radical (unpaired) electrons. The topological polar surface area (TPSA) is 260 Å². The van der Waals surface area contributed by atoms with Gasteiger partial charge in [-0.25, -0.2) is 0 Å². The summed E-state index contributed by atoms with van der Waals surface area (Å²) >= 11 is 19.6. The number of hydrogen-bond acceptors (Lipinski definition) is 14. The summed E-state index contributed by atoms with van der Waals surface area (Å²) in [5.41, 5.74) is 3.79. The molecule has 0 unspecified atom stereocenters. The van der Waals surface area contributed by atoms with Crippen molar-refractivity contribution >= 4 is 108 Å². The summed E-state index contributed by atoms with van der Waals surface area (Å²) in [4.78, 5) is 89.6. The van der Waals surface area contributed by atoms with Crippen LogP contribution in [0.5, 0.6) is 17.6 Å². The van der Waals surface area contributed by atoms with Gasteiger partial charge in [0.05, 0.1) is 46.6 Å². The highest BCUT2D eigenvalue weighted by atomic mass is 127. The lowest BCUT2D eigenvalue weighted by atomic mass is 10.1. The number of aryl methyl sites for hydroxylation is 4. The fourth-order valence-corrected chi connectivity index (χ4v) is 9.47. The van der Waals surface area contributed by atoms with E-state index in [1.807, 2.05) is 46.9 Å². The summed E-state index contributed by atoms with van der Waals surface area (Å²) in [7, 11) is 9.60. The maximum Gasteiger partial charge on any atom is 0.257 e. The molecule has 434 valence electrons. The van der Waals surface area contributed by atoms with Crippen molar-refractivity contribution in [1.82, 2.24) is 44.6 Å². The van der Waals surface area contributed by atoms with Gasteiger partial charge in [-0.3, -0.25) is 28.8 Å². The Morgan fingerprint density at radius 1 is 0.548 bits per heavy atom. The van der Waals surface area contributed by atoms with Gasteiger partial charge < -0.3 is 54.1 Å². The van der Waals surface area contributed by atoms with E-state index in [1.165, 1.54) is 46.0 Å². The van der Waals surface area contributed by atoms with E-state index in [0.717, 1.165) is 16.7 Å². The van der Waals surface area contributed by atoms with Crippen LogP contribution in [0.25, 0.3) is 33.1 Å². The van der Waals surface area contributed by atoms with Crippen molar-refractivity contribution in [2.45, 2.75) is 32.5 Å². The largest absolute Gasteiger partial charge is 0.481 e. The number of carbonyl (C=O) groups is 3. The van der Waals surface area contributed by atoms with E-state index >= 15 is 0 Å². The highest BCUT2D eigenvalue weighted by Gasteiger charge is 2.21. The van der Waals surface area contributed by atoms with Crippen LogP contribution >= 0.6 is 57.4 Å². The summed E-state index contributed by atoms with van der Waals surface area (Å²) in [5.74, 6) is 4.88. The van der Waals surface area contributed by atoms with E-state index in [9.17, 15) is 28.8 Å². The van der Waals surface area contributed by atoms with Gasteiger partial charge in [-0.15, -0.1) is 0 Å². The monoisotopic (exact) mass is 1310 g/mol. The van der Waals surface area contributed by atoms with Gasteiger partial charge in [-0.1, -0.05) is 83.0 Å². The Bertz CT molecular complexity index is 4190. The summed E-state index contributed by atoms with van der Waals surface area (Å²) in [6.45, 7) is 0.513. The predicted molar refractivity (Wildman–Crippen MR) is 331 cm³/mol. The van der Waals surface area contributed by atoms with Crippen LogP contribution in [0.4, 0.5) is 0 Å². The first kappa shape index (κ1) is 63.2. The Hall–Kier alpha value is -8.37. The third-order valence-electron chi connectivity index (χ3n) is 12.7. The number of aromatic nitrogens is 6. The molecule has 9 rings (SSSR count). The van der Waals surface area contributed by atoms with E-state index in [1.54, 1.807) is 95.5 Å². The first-order valence-corrected chi connectivity index (χ1v) is 27.7. The minimum Gasteiger partial charge on any atom is -0.481 e. The average molecular weight is 1310 g/mol. The molecule has 9 aromatic rings. The molecule has 84 heavy (non-hydrogen) atoms. The molecule has 0 saturated carbocycles. The first-order valence-electron chi connectivity index (χ1n) is 25.5. The zero-order valence-electron chi connectivity index (χ0n) is 46.1. The van der Waals surface area contributed by atoms with E-state index < -0.39 is 28.6 Å². The zero-order valence-corrected chi connectivity index (χ0v) is 50.5. The van der Waals surface area contributed by atoms with Crippen molar-refractivity contribution in [3.63, 3.8) is 0 Å². The highest BCUT2D eigenvalue weighted by molar-refractivity contribution is 14.1. The lowest BCUT2D eigenvalue weighted by Crippen LogP contribution is -2.29. The summed E-state index contributed by atoms with van der Waals surface area (Å²) in [5, 5.41) is 29.1. The molecule has 0 atom stereocenters. The van der Waals surface area contributed by atoms with Gasteiger partial charge >= 0.3 is 0 Å². The highest BCUT2D eigenvalue weighted by Crippen LogP contribution is 2.25. The van der Waals surface area contributed by atoms with Gasteiger partial charge in [0.15, 0.2) is 0 Å². The molecule has 6 aromatic heterocycles. The van der Waals surface area contributed by atoms with Crippen LogP contribution in [-0.2, 0) is 47.2 Å². The quantitative estimate of drug-likeness (QED) is 0.0494. The number of halogens is 4. The fourth-order valence-electron chi connectivity index (χ4n) is 8.44. The lowest BCUT2D eigenvalue weighted by molar-refractivity contribution is 0.0941. The van der Waals surface area contributed by atoms with E-state index in [4.69, 9.17) is 59.2 Å². The zero-order chi connectivity index (χ0) is 60.8. The number of fused-ring (bicyclic) bond motifs is 3. The van der Waals surface area contributed by atoms with Crippen molar-refractivity contribution in [2.75, 3.05) is 34.5 Å². The smallest absolute Gasteiger partial charge is 0.257 e. The molecular weight excluding hydrogens is 1260 g/mol. The van der Waals surface area contributed by atoms with Crippen LogP contribution in [-0.4, -0.2) is 91.1 Å². The van der Waals surface area contributed by atoms with Crippen LogP contribution < -0.4 is 46.4 Å². The Labute approximate surface area is 509 Å². The summed E-state index contributed by atoms with van der Waals surface area (Å²) in [6.07, 6.45) is 5.43. The van der Waals surface area contributed by atoms with Gasteiger partial charge in [-0.2, -0.15) is 15.0 Å². The first-order chi connectivity index (χ1) is 40.3. The van der Waals surface area contributed by atoms with E-state index in [2.05, 4.69) is 42.7 Å². The molecule has 3 amide bonds. The number of benzene rings is 3. The molecule has 0 aliphatic rings. The average Bonchev–Trinajstić information content (AvgIpc) is 1.35. The SMILES string of the molecule is COc1nc2c(cc1C#CCO)c(=O)c(C(=O)NCc1ccc(Cl)cc1)cn2C.COc1nc2c(cc1CCCO)c(=O)c(C(=O)NCc1ccc(Cl)cc1)cn2C.COc1nc2c(cc1I)c(=O)c(C(=O)NCc1ccc(Cl)cc1)cn2C. The number of hydrogen-bond donors (Lipinski definition) is 5. The lowest BCUT2D eigenvalue weighted by Gasteiger charge is -2.13. The summed E-state index contributed by atoms with van der Waals surface area (Å²) in [6, 6.07) is 26.2. The van der Waals surface area contributed by atoms with Gasteiger partial charge in [0.2, 0.25) is 33.9 Å². The van der Waals surface area contributed by atoms with Crippen LogP contribution in [0.2, 0.25) is 15.1 Å². The minimum atomic E-state index is -0.499. The second-order valence-electron chi connectivity index (χ2n) is 18.5. The number of ether oxygens (including phenoxy) is 3. The molecule has 5 N–H and O–H groups in total. The van der Waals surface area contributed by atoms with Crippen LogP contribution in [0.3, 0.4) is 0 Å². The van der Waals surface area contributed by atoms with Crippen LogP contribution in [0.1, 0.15) is 65.3 Å². The predicted octanol–water partition coefficient (Wildman–Crippen LogP) is 7.45. The fraction of sp³-hybridized carbons (Fsp3) is 0.217.